The second-order valence-electron chi connectivity index (χ2n) is 6.15. The number of rotatable bonds is 5. The lowest BCUT2D eigenvalue weighted by atomic mass is 10.0. The average molecular weight is 311 g/mol. The number of aromatic nitrogens is 3. The minimum Gasteiger partial charge on any atom is -0.366 e. The maximum atomic E-state index is 4.76. The van der Waals surface area contributed by atoms with Gasteiger partial charge in [0.25, 0.3) is 0 Å². The number of piperidine rings is 1. The second-order valence-corrected chi connectivity index (χ2v) is 6.15. The second kappa shape index (κ2) is 7.40. The first-order valence-corrected chi connectivity index (χ1v) is 8.51. The molecule has 2 aromatic rings. The van der Waals surface area contributed by atoms with Crippen LogP contribution in [-0.2, 0) is 6.54 Å². The summed E-state index contributed by atoms with van der Waals surface area (Å²) >= 11 is 0. The van der Waals surface area contributed by atoms with Crippen LogP contribution in [0.25, 0.3) is 0 Å². The van der Waals surface area contributed by atoms with Gasteiger partial charge in [0, 0.05) is 43.3 Å². The summed E-state index contributed by atoms with van der Waals surface area (Å²) in [5.74, 6) is 1.76. The summed E-state index contributed by atoms with van der Waals surface area (Å²) in [6, 6.07) is 6.60. The largest absolute Gasteiger partial charge is 0.366 e. The highest BCUT2D eigenvalue weighted by Gasteiger charge is 2.23. The number of nitrogens with zero attached hydrogens (tertiary/aromatic N) is 4. The summed E-state index contributed by atoms with van der Waals surface area (Å²) in [6.45, 7) is 6.09. The lowest BCUT2D eigenvalue weighted by Gasteiger charge is -2.35. The van der Waals surface area contributed by atoms with Crippen LogP contribution in [0.1, 0.15) is 43.9 Å². The molecule has 0 saturated carbocycles. The molecule has 1 fully saturated rings. The Balaban J connectivity index is 1.76. The van der Waals surface area contributed by atoms with Crippen LogP contribution >= 0.6 is 0 Å². The number of nitrogens with one attached hydrogen (secondary N) is 1. The Morgan fingerprint density at radius 2 is 2.04 bits per heavy atom. The monoisotopic (exact) mass is 311 g/mol. The van der Waals surface area contributed by atoms with Gasteiger partial charge in [0.05, 0.1) is 0 Å². The Labute approximate surface area is 138 Å². The number of anilines is 2. The van der Waals surface area contributed by atoms with Crippen molar-refractivity contribution in [3.8, 4) is 0 Å². The normalized spacial score (nSPS) is 18.0. The maximum Gasteiger partial charge on any atom is 0.227 e. The highest BCUT2D eigenvalue weighted by Crippen LogP contribution is 2.25. The number of aryl methyl sites for hydroxylation is 1. The molecule has 2 aromatic heterocycles. The zero-order valence-electron chi connectivity index (χ0n) is 14.0. The fourth-order valence-electron chi connectivity index (χ4n) is 3.15. The van der Waals surface area contributed by atoms with Crippen LogP contribution in [0.3, 0.4) is 0 Å². The number of hydrogen-bond donors (Lipinski definition) is 1. The van der Waals surface area contributed by atoms with E-state index in [1.165, 1.54) is 24.8 Å². The van der Waals surface area contributed by atoms with Crippen molar-refractivity contribution in [2.45, 2.75) is 52.1 Å². The van der Waals surface area contributed by atoms with Crippen LogP contribution < -0.4 is 10.2 Å². The molecule has 122 valence electrons. The van der Waals surface area contributed by atoms with Crippen molar-refractivity contribution in [2.24, 2.45) is 0 Å². The number of pyridine rings is 1. The smallest absolute Gasteiger partial charge is 0.227 e. The molecule has 1 unspecified atom stereocenters. The zero-order valence-corrected chi connectivity index (χ0v) is 14.0. The quantitative estimate of drug-likeness (QED) is 0.915. The predicted octanol–water partition coefficient (Wildman–Crippen LogP) is 3.56. The maximum absolute atomic E-state index is 4.76. The first-order valence-electron chi connectivity index (χ1n) is 8.51. The minimum absolute atomic E-state index is 0.568. The molecule has 0 aliphatic carbocycles. The van der Waals surface area contributed by atoms with Gasteiger partial charge in [0.2, 0.25) is 5.95 Å². The van der Waals surface area contributed by atoms with Crippen LogP contribution in [0.2, 0.25) is 0 Å². The summed E-state index contributed by atoms with van der Waals surface area (Å²) in [7, 11) is 0. The van der Waals surface area contributed by atoms with Crippen molar-refractivity contribution in [1.82, 2.24) is 15.0 Å². The molecule has 5 heteroatoms. The van der Waals surface area contributed by atoms with Crippen molar-refractivity contribution < 1.29 is 0 Å². The van der Waals surface area contributed by atoms with Crippen LogP contribution in [0, 0.1) is 6.92 Å². The van der Waals surface area contributed by atoms with E-state index in [1.807, 2.05) is 37.5 Å². The molecule has 0 amide bonds. The third-order valence-electron chi connectivity index (χ3n) is 4.42. The molecule has 1 N–H and O–H groups in total. The Morgan fingerprint density at radius 1 is 1.22 bits per heavy atom. The Hall–Kier alpha value is -2.17. The van der Waals surface area contributed by atoms with Crippen molar-refractivity contribution in [3.05, 3.63) is 41.9 Å². The highest BCUT2D eigenvalue weighted by atomic mass is 15.3. The zero-order chi connectivity index (χ0) is 16.1. The Kier molecular flexibility index (Phi) is 5.05. The van der Waals surface area contributed by atoms with E-state index in [4.69, 9.17) is 4.98 Å². The van der Waals surface area contributed by atoms with E-state index in [-0.39, 0.29) is 0 Å². The van der Waals surface area contributed by atoms with Gasteiger partial charge in [-0.25, -0.2) is 4.98 Å². The fourth-order valence-corrected chi connectivity index (χ4v) is 3.15. The molecular weight excluding hydrogens is 286 g/mol. The molecule has 0 spiro atoms. The Bertz CT molecular complexity index is 629. The standard InChI is InChI=1S/C18H25N5/c1-3-16-6-4-5-11-23(16)18-21-14(2)12-17(22-18)20-13-15-7-9-19-10-8-15/h7-10,12,16H,3-6,11,13H2,1-2H3,(H,20,21,22). The molecule has 1 aliphatic heterocycles. The van der Waals surface area contributed by atoms with Crippen molar-refractivity contribution in [2.75, 3.05) is 16.8 Å². The van der Waals surface area contributed by atoms with Crippen molar-refractivity contribution in [3.63, 3.8) is 0 Å². The predicted molar refractivity (Wildman–Crippen MR) is 93.6 cm³/mol. The van der Waals surface area contributed by atoms with Gasteiger partial charge in [-0.05, 0) is 50.3 Å². The molecule has 0 bridgehead atoms. The first kappa shape index (κ1) is 15.7. The van der Waals surface area contributed by atoms with Gasteiger partial charge in [-0.15, -0.1) is 0 Å². The third-order valence-corrected chi connectivity index (χ3v) is 4.42. The van der Waals surface area contributed by atoms with Crippen molar-refractivity contribution >= 4 is 11.8 Å². The molecule has 5 nitrogen and oxygen atoms in total. The molecule has 1 atom stereocenters. The fraction of sp³-hybridized carbons (Fsp3) is 0.500. The van der Waals surface area contributed by atoms with Gasteiger partial charge in [0.1, 0.15) is 5.82 Å². The summed E-state index contributed by atoms with van der Waals surface area (Å²) in [5.41, 5.74) is 2.20. The first-order chi connectivity index (χ1) is 11.3. The summed E-state index contributed by atoms with van der Waals surface area (Å²) in [5, 5.41) is 3.41. The van der Waals surface area contributed by atoms with E-state index in [9.17, 15) is 0 Å². The third kappa shape index (κ3) is 3.97. The van der Waals surface area contributed by atoms with Gasteiger partial charge in [-0.3, -0.25) is 4.98 Å². The highest BCUT2D eigenvalue weighted by molar-refractivity contribution is 5.45. The minimum atomic E-state index is 0.568. The number of hydrogen-bond acceptors (Lipinski definition) is 5. The summed E-state index contributed by atoms with van der Waals surface area (Å²) < 4.78 is 0. The van der Waals surface area contributed by atoms with E-state index >= 15 is 0 Å². The molecule has 3 heterocycles. The van der Waals surface area contributed by atoms with Gasteiger partial charge >= 0.3 is 0 Å². The van der Waals surface area contributed by atoms with Gasteiger partial charge < -0.3 is 10.2 Å². The van der Waals surface area contributed by atoms with E-state index in [1.54, 1.807) is 0 Å². The van der Waals surface area contributed by atoms with Gasteiger partial charge in [-0.2, -0.15) is 4.98 Å². The molecule has 0 aromatic carbocycles. The summed E-state index contributed by atoms with van der Waals surface area (Å²) in [6.07, 6.45) is 8.56. The molecular formula is C18H25N5. The summed E-state index contributed by atoms with van der Waals surface area (Å²) in [4.78, 5) is 15.9. The van der Waals surface area contributed by atoms with Crippen LogP contribution in [0.4, 0.5) is 11.8 Å². The van der Waals surface area contributed by atoms with Crippen molar-refractivity contribution in [1.29, 1.82) is 0 Å². The molecule has 1 aliphatic rings. The van der Waals surface area contributed by atoms with Crippen LogP contribution in [-0.4, -0.2) is 27.5 Å². The Morgan fingerprint density at radius 3 is 2.83 bits per heavy atom. The topological polar surface area (TPSA) is 53.9 Å². The lowest BCUT2D eigenvalue weighted by molar-refractivity contribution is 0.443. The molecule has 0 radical (unpaired) electrons. The van der Waals surface area contributed by atoms with Crippen LogP contribution in [0.5, 0.6) is 0 Å². The van der Waals surface area contributed by atoms with E-state index in [0.717, 1.165) is 37.0 Å². The molecule has 3 rings (SSSR count). The van der Waals surface area contributed by atoms with Gasteiger partial charge in [0.15, 0.2) is 0 Å². The van der Waals surface area contributed by atoms with Crippen LogP contribution in [0.15, 0.2) is 30.6 Å². The SMILES string of the molecule is CCC1CCCCN1c1nc(C)cc(NCc2ccncc2)n1. The van der Waals surface area contributed by atoms with E-state index in [0.29, 0.717) is 6.04 Å². The van der Waals surface area contributed by atoms with Gasteiger partial charge in [-0.1, -0.05) is 6.92 Å². The lowest BCUT2D eigenvalue weighted by Crippen LogP contribution is -2.40. The van der Waals surface area contributed by atoms with E-state index < -0.39 is 0 Å². The molecule has 1 saturated heterocycles. The average Bonchev–Trinajstić information content (AvgIpc) is 2.60. The van der Waals surface area contributed by atoms with E-state index in [2.05, 4.69) is 27.1 Å². The molecule has 23 heavy (non-hydrogen) atoms.